The lowest BCUT2D eigenvalue weighted by molar-refractivity contribution is 0.0695. The zero-order chi connectivity index (χ0) is 19.7. The molecule has 0 saturated carbocycles. The number of carboxylic acids is 2. The molecule has 1 heterocycles. The molecule has 3 N–H and O–H groups in total. The standard InChI is InChI=1S/C20H18FNO5/c1-11-2-7-15(19(24)25)18(17(11)20(26)27)22-9-8-14(16(23)10-22)12-3-5-13(21)6-4-12/h2-8,16,23H,9-10H2,1H3,(H,24,25)(H,26,27). The lowest BCUT2D eigenvalue weighted by Crippen LogP contribution is -2.39. The van der Waals surface area contributed by atoms with E-state index in [2.05, 4.69) is 0 Å². The van der Waals surface area contributed by atoms with Crippen molar-refractivity contribution in [3.8, 4) is 0 Å². The van der Waals surface area contributed by atoms with Gasteiger partial charge in [0, 0.05) is 13.1 Å². The first-order valence-electron chi connectivity index (χ1n) is 8.28. The molecule has 0 saturated heterocycles. The van der Waals surface area contributed by atoms with Gasteiger partial charge in [-0.25, -0.2) is 14.0 Å². The van der Waals surface area contributed by atoms with Crippen LogP contribution >= 0.6 is 0 Å². The first-order chi connectivity index (χ1) is 12.8. The average molecular weight is 371 g/mol. The van der Waals surface area contributed by atoms with Crippen LogP contribution in [0.15, 0.2) is 42.5 Å². The summed E-state index contributed by atoms with van der Waals surface area (Å²) in [5.74, 6) is -2.85. The Kier molecular flexibility index (Phi) is 4.96. The van der Waals surface area contributed by atoms with Crippen LogP contribution in [0.1, 0.15) is 31.8 Å². The Bertz CT molecular complexity index is 936. The van der Waals surface area contributed by atoms with Crippen LogP contribution in [0.3, 0.4) is 0 Å². The second-order valence-electron chi connectivity index (χ2n) is 6.35. The number of benzene rings is 2. The van der Waals surface area contributed by atoms with Crippen LogP contribution < -0.4 is 4.90 Å². The van der Waals surface area contributed by atoms with E-state index in [1.807, 2.05) is 0 Å². The Hall–Kier alpha value is -3.19. The Morgan fingerprint density at radius 1 is 1.07 bits per heavy atom. The Balaban J connectivity index is 2.04. The van der Waals surface area contributed by atoms with Gasteiger partial charge in [0.15, 0.2) is 0 Å². The SMILES string of the molecule is Cc1ccc(C(=O)O)c(N2CC=C(c3ccc(F)cc3)C(O)C2)c1C(=O)O. The number of carbonyl (C=O) groups is 2. The topological polar surface area (TPSA) is 98.1 Å². The largest absolute Gasteiger partial charge is 0.478 e. The van der Waals surface area contributed by atoms with Crippen molar-refractivity contribution in [1.29, 1.82) is 0 Å². The van der Waals surface area contributed by atoms with E-state index in [1.54, 1.807) is 25.1 Å². The van der Waals surface area contributed by atoms with Crippen molar-refractivity contribution in [3.63, 3.8) is 0 Å². The molecule has 27 heavy (non-hydrogen) atoms. The smallest absolute Gasteiger partial charge is 0.338 e. The average Bonchev–Trinajstić information content (AvgIpc) is 2.61. The minimum atomic E-state index is -1.24. The fourth-order valence-corrected chi connectivity index (χ4v) is 3.32. The van der Waals surface area contributed by atoms with Crippen molar-refractivity contribution in [2.45, 2.75) is 13.0 Å². The van der Waals surface area contributed by atoms with Crippen molar-refractivity contribution in [3.05, 3.63) is 70.5 Å². The summed E-state index contributed by atoms with van der Waals surface area (Å²) in [6.45, 7) is 1.83. The fourth-order valence-electron chi connectivity index (χ4n) is 3.32. The number of carboxylic acid groups (broad SMARTS) is 2. The predicted molar refractivity (Wildman–Crippen MR) is 97.7 cm³/mol. The minimum Gasteiger partial charge on any atom is -0.478 e. The van der Waals surface area contributed by atoms with Crippen molar-refractivity contribution >= 4 is 23.2 Å². The lowest BCUT2D eigenvalue weighted by atomic mass is 9.94. The highest BCUT2D eigenvalue weighted by molar-refractivity contribution is 6.04. The molecule has 7 heteroatoms. The predicted octanol–water partition coefficient (Wildman–Crippen LogP) is 2.80. The molecule has 0 aromatic heterocycles. The highest BCUT2D eigenvalue weighted by atomic mass is 19.1. The summed E-state index contributed by atoms with van der Waals surface area (Å²) in [4.78, 5) is 24.9. The number of aryl methyl sites for hydroxylation is 1. The molecule has 1 atom stereocenters. The lowest BCUT2D eigenvalue weighted by Gasteiger charge is -2.34. The van der Waals surface area contributed by atoms with Crippen LogP contribution in [0.4, 0.5) is 10.1 Å². The maximum absolute atomic E-state index is 13.1. The molecule has 0 bridgehead atoms. The number of halogens is 1. The first-order valence-corrected chi connectivity index (χ1v) is 8.28. The third-order valence-corrected chi connectivity index (χ3v) is 4.61. The van der Waals surface area contributed by atoms with Gasteiger partial charge in [-0.2, -0.15) is 0 Å². The molecular weight excluding hydrogens is 353 g/mol. The third-order valence-electron chi connectivity index (χ3n) is 4.61. The van der Waals surface area contributed by atoms with Gasteiger partial charge in [-0.05, 0) is 41.8 Å². The van der Waals surface area contributed by atoms with E-state index in [0.717, 1.165) is 0 Å². The molecule has 0 spiro atoms. The molecule has 2 aromatic rings. The van der Waals surface area contributed by atoms with Crippen LogP contribution in [0.25, 0.3) is 5.57 Å². The van der Waals surface area contributed by atoms with Gasteiger partial charge in [-0.15, -0.1) is 0 Å². The molecule has 3 rings (SSSR count). The zero-order valence-corrected chi connectivity index (χ0v) is 14.5. The van der Waals surface area contributed by atoms with Crippen LogP contribution in [0, 0.1) is 12.7 Å². The van der Waals surface area contributed by atoms with Crippen molar-refractivity contribution in [2.24, 2.45) is 0 Å². The summed E-state index contributed by atoms with van der Waals surface area (Å²) in [6.07, 6.45) is 0.717. The number of hydrogen-bond donors (Lipinski definition) is 3. The van der Waals surface area contributed by atoms with Crippen LogP contribution in [0.5, 0.6) is 0 Å². The molecule has 0 aliphatic carbocycles. The highest BCUT2D eigenvalue weighted by Gasteiger charge is 2.29. The first kappa shape index (κ1) is 18.6. The Morgan fingerprint density at radius 3 is 2.30 bits per heavy atom. The summed E-state index contributed by atoms with van der Waals surface area (Å²) in [6, 6.07) is 8.51. The second kappa shape index (κ2) is 7.20. The van der Waals surface area contributed by atoms with E-state index in [-0.39, 0.29) is 35.7 Å². The van der Waals surface area contributed by atoms with Gasteiger partial charge in [0.25, 0.3) is 0 Å². The number of aromatic carboxylic acids is 2. The number of β-amino-alcohol motifs (C(OH)–C–C–N with tert-alkyl or cyclic N) is 1. The molecule has 2 aromatic carbocycles. The highest BCUT2D eigenvalue weighted by Crippen LogP contribution is 2.33. The van der Waals surface area contributed by atoms with Crippen molar-refractivity contribution in [1.82, 2.24) is 0 Å². The summed E-state index contributed by atoms with van der Waals surface area (Å²) >= 11 is 0. The van der Waals surface area contributed by atoms with Gasteiger partial charge in [-0.1, -0.05) is 24.3 Å². The van der Waals surface area contributed by atoms with Crippen molar-refractivity contribution in [2.75, 3.05) is 18.0 Å². The third kappa shape index (κ3) is 3.54. The molecular formula is C20H18FNO5. The molecule has 140 valence electrons. The second-order valence-corrected chi connectivity index (χ2v) is 6.35. The molecule has 0 amide bonds. The molecule has 1 aliphatic rings. The van der Waals surface area contributed by atoms with E-state index in [0.29, 0.717) is 16.7 Å². The number of aliphatic hydroxyl groups excluding tert-OH is 1. The monoisotopic (exact) mass is 371 g/mol. The van der Waals surface area contributed by atoms with Gasteiger partial charge >= 0.3 is 11.9 Å². The molecule has 1 aliphatic heterocycles. The van der Waals surface area contributed by atoms with E-state index in [9.17, 15) is 29.3 Å². The summed E-state index contributed by atoms with van der Waals surface area (Å²) in [5, 5.41) is 29.6. The van der Waals surface area contributed by atoms with Gasteiger partial charge in [0.05, 0.1) is 22.9 Å². The normalized spacial score (nSPS) is 16.8. The molecule has 1 unspecified atom stereocenters. The summed E-state index contributed by atoms with van der Waals surface area (Å²) < 4.78 is 13.1. The number of rotatable bonds is 4. The van der Waals surface area contributed by atoms with Gasteiger partial charge in [-0.3, -0.25) is 0 Å². The van der Waals surface area contributed by atoms with Gasteiger partial charge in [0.2, 0.25) is 0 Å². The summed E-state index contributed by atoms with van der Waals surface area (Å²) in [5.41, 5.74) is 1.52. The fraction of sp³-hybridized carbons (Fsp3) is 0.200. The maximum Gasteiger partial charge on any atom is 0.338 e. The van der Waals surface area contributed by atoms with Crippen LogP contribution in [-0.4, -0.2) is 46.5 Å². The molecule has 0 radical (unpaired) electrons. The van der Waals surface area contributed by atoms with E-state index in [4.69, 9.17) is 0 Å². The minimum absolute atomic E-state index is 0.0211. The quantitative estimate of drug-likeness (QED) is 0.765. The van der Waals surface area contributed by atoms with E-state index < -0.39 is 18.0 Å². The molecule has 0 fully saturated rings. The maximum atomic E-state index is 13.1. The van der Waals surface area contributed by atoms with Crippen molar-refractivity contribution < 1.29 is 29.3 Å². The van der Waals surface area contributed by atoms with Gasteiger partial charge < -0.3 is 20.2 Å². The van der Waals surface area contributed by atoms with E-state index >= 15 is 0 Å². The summed E-state index contributed by atoms with van der Waals surface area (Å²) in [7, 11) is 0. The Morgan fingerprint density at radius 2 is 1.74 bits per heavy atom. The van der Waals surface area contributed by atoms with Crippen LogP contribution in [0.2, 0.25) is 0 Å². The number of aliphatic hydroxyl groups is 1. The van der Waals surface area contributed by atoms with Gasteiger partial charge in [0.1, 0.15) is 5.82 Å². The Labute approximate surface area is 154 Å². The number of nitrogens with zero attached hydrogens (tertiary/aromatic N) is 1. The zero-order valence-electron chi connectivity index (χ0n) is 14.5. The number of hydrogen-bond acceptors (Lipinski definition) is 4. The van der Waals surface area contributed by atoms with E-state index in [1.165, 1.54) is 29.2 Å². The number of anilines is 1. The van der Waals surface area contributed by atoms with Crippen LogP contribution in [-0.2, 0) is 0 Å². The molecule has 6 nitrogen and oxygen atoms in total.